The quantitative estimate of drug-likeness (QED) is 0.360. The van der Waals surface area contributed by atoms with Crippen LogP contribution in [-0.4, -0.2) is 33.7 Å². The monoisotopic (exact) mass is 448 g/mol. The predicted octanol–water partition coefficient (Wildman–Crippen LogP) is 4.81. The van der Waals surface area contributed by atoms with Crippen molar-refractivity contribution in [3.63, 3.8) is 0 Å². The molecule has 24 heavy (non-hydrogen) atoms. The van der Waals surface area contributed by atoms with Crippen molar-refractivity contribution in [2.75, 3.05) is 27.6 Å². The number of hydrogen-bond donors (Lipinski definition) is 0. The fourth-order valence-corrected chi connectivity index (χ4v) is 3.18. The maximum atomic E-state index is 5.89. The van der Waals surface area contributed by atoms with E-state index in [4.69, 9.17) is 18.9 Å². The Hall–Kier alpha value is -0.630. The molecule has 1 aromatic carbocycles. The summed E-state index contributed by atoms with van der Waals surface area (Å²) in [6, 6.07) is 7.94. The Labute approximate surface area is 159 Å². The van der Waals surface area contributed by atoms with Crippen LogP contribution in [0, 0.1) is 11.8 Å². The van der Waals surface area contributed by atoms with Crippen LogP contribution in [0.25, 0.3) is 0 Å². The van der Waals surface area contributed by atoms with E-state index in [1.807, 2.05) is 24.3 Å². The number of hydrogen-bond acceptors (Lipinski definition) is 4. The van der Waals surface area contributed by atoms with Gasteiger partial charge in [0.2, 0.25) is 0 Å². The molecule has 0 aliphatic heterocycles. The lowest BCUT2D eigenvalue weighted by Gasteiger charge is -2.28. The molecule has 0 amide bonds. The van der Waals surface area contributed by atoms with Crippen LogP contribution in [0.15, 0.2) is 33.9 Å². The zero-order chi connectivity index (χ0) is 17.9. The average Bonchev–Trinajstić information content (AvgIpc) is 2.55. The highest BCUT2D eigenvalue weighted by molar-refractivity contribution is 14.1. The van der Waals surface area contributed by atoms with Gasteiger partial charge in [-0.25, -0.2) is 0 Å². The maximum absolute atomic E-state index is 5.89. The molecule has 0 saturated carbocycles. The van der Waals surface area contributed by atoms with Gasteiger partial charge in [0, 0.05) is 18.9 Å². The Kier molecular flexibility index (Phi) is 10.6. The molecule has 0 aliphatic carbocycles. The molecule has 1 aromatic rings. The van der Waals surface area contributed by atoms with E-state index in [9.17, 15) is 0 Å². The molecule has 0 saturated heterocycles. The topological polar surface area (TPSA) is 36.9 Å². The Balaban J connectivity index is 2.53. The Bertz CT molecular complexity index is 483. The fraction of sp³-hybridized carbons (Fsp3) is 0.579. The minimum atomic E-state index is 0.0607. The smallest absolute Gasteiger partial charge is 0.146 e. The first-order valence-electron chi connectivity index (χ1n) is 8.13. The van der Waals surface area contributed by atoms with Crippen molar-refractivity contribution in [2.24, 2.45) is 11.8 Å². The molecule has 136 valence electrons. The van der Waals surface area contributed by atoms with Crippen molar-refractivity contribution in [2.45, 2.75) is 33.5 Å². The standard InChI is InChI=1S/C19H29IO4/c1-14(10-16(3)20)19(24-13-21-4)15(2)11-23-12-17-6-8-18(22-5)9-7-17/h6-10,14-15,19H,11-13H2,1-5H3/b16-10-/t14-,15-,19+/m0/s1. The van der Waals surface area contributed by atoms with Crippen LogP contribution >= 0.6 is 22.6 Å². The summed E-state index contributed by atoms with van der Waals surface area (Å²) in [6.45, 7) is 7.94. The lowest BCUT2D eigenvalue weighted by Crippen LogP contribution is -2.32. The molecule has 1 rings (SSSR count). The van der Waals surface area contributed by atoms with Crippen molar-refractivity contribution in [3.05, 3.63) is 39.5 Å². The second-order valence-electron chi connectivity index (χ2n) is 5.99. The van der Waals surface area contributed by atoms with E-state index in [0.29, 0.717) is 25.9 Å². The Morgan fingerprint density at radius 1 is 1.17 bits per heavy atom. The van der Waals surface area contributed by atoms with Gasteiger partial charge in [0.05, 0.1) is 26.4 Å². The molecule has 5 heteroatoms. The maximum Gasteiger partial charge on any atom is 0.146 e. The molecule has 0 aliphatic rings. The molecule has 0 unspecified atom stereocenters. The number of rotatable bonds is 11. The van der Waals surface area contributed by atoms with Gasteiger partial charge < -0.3 is 18.9 Å². The van der Waals surface area contributed by atoms with Crippen molar-refractivity contribution < 1.29 is 18.9 Å². The SMILES string of the molecule is COCO[C@H]([C@@H](C)/C=C(/C)I)[C@@H](C)COCc1ccc(OC)cc1. The fourth-order valence-electron chi connectivity index (χ4n) is 2.62. The molecule has 0 spiro atoms. The molecule has 0 bridgehead atoms. The number of methoxy groups -OCH3 is 2. The van der Waals surface area contributed by atoms with Gasteiger partial charge >= 0.3 is 0 Å². The summed E-state index contributed by atoms with van der Waals surface area (Å²) in [6.07, 6.45) is 2.28. The molecule has 0 fully saturated rings. The molecule has 3 atom stereocenters. The molecular formula is C19H29IO4. The largest absolute Gasteiger partial charge is 0.497 e. The minimum absolute atomic E-state index is 0.0607. The highest BCUT2D eigenvalue weighted by atomic mass is 127. The number of ether oxygens (including phenoxy) is 4. The summed E-state index contributed by atoms with van der Waals surface area (Å²) in [5.41, 5.74) is 1.13. The van der Waals surface area contributed by atoms with Crippen molar-refractivity contribution in [1.29, 1.82) is 0 Å². The van der Waals surface area contributed by atoms with Crippen LogP contribution < -0.4 is 4.74 Å². The molecule has 0 N–H and O–H groups in total. The summed E-state index contributed by atoms with van der Waals surface area (Å²) < 4.78 is 23.3. The zero-order valence-corrected chi connectivity index (χ0v) is 17.4. The molecule has 4 nitrogen and oxygen atoms in total. The number of allylic oxidation sites excluding steroid dienone is 1. The lowest BCUT2D eigenvalue weighted by molar-refractivity contribution is -0.112. The van der Waals surface area contributed by atoms with Gasteiger partial charge in [0.15, 0.2) is 0 Å². The van der Waals surface area contributed by atoms with E-state index in [2.05, 4.69) is 49.4 Å². The van der Waals surface area contributed by atoms with Gasteiger partial charge in [-0.05, 0) is 50.8 Å². The van der Waals surface area contributed by atoms with Gasteiger partial charge in [0.1, 0.15) is 12.5 Å². The summed E-state index contributed by atoms with van der Waals surface area (Å²) >= 11 is 2.33. The highest BCUT2D eigenvalue weighted by Crippen LogP contribution is 2.22. The van der Waals surface area contributed by atoms with Gasteiger partial charge in [-0.15, -0.1) is 0 Å². The van der Waals surface area contributed by atoms with Crippen LogP contribution in [-0.2, 0) is 20.8 Å². The van der Waals surface area contributed by atoms with Crippen molar-refractivity contribution in [3.8, 4) is 5.75 Å². The summed E-state index contributed by atoms with van der Waals surface area (Å²) in [5, 5.41) is 0. The van der Waals surface area contributed by atoms with Crippen LogP contribution in [0.3, 0.4) is 0 Å². The number of benzene rings is 1. The van der Waals surface area contributed by atoms with Crippen LogP contribution in [0.1, 0.15) is 26.3 Å². The third-order valence-electron chi connectivity index (χ3n) is 3.76. The second-order valence-corrected chi connectivity index (χ2v) is 7.69. The van der Waals surface area contributed by atoms with E-state index >= 15 is 0 Å². The van der Waals surface area contributed by atoms with Crippen LogP contribution in [0.5, 0.6) is 5.75 Å². The normalized spacial score (nSPS) is 15.8. The zero-order valence-electron chi connectivity index (χ0n) is 15.3. The van der Waals surface area contributed by atoms with Crippen LogP contribution in [0.4, 0.5) is 0 Å². The predicted molar refractivity (Wildman–Crippen MR) is 106 cm³/mol. The highest BCUT2D eigenvalue weighted by Gasteiger charge is 2.23. The summed E-state index contributed by atoms with van der Waals surface area (Å²) in [7, 11) is 3.31. The van der Waals surface area contributed by atoms with E-state index in [1.165, 1.54) is 3.58 Å². The minimum Gasteiger partial charge on any atom is -0.497 e. The summed E-state index contributed by atoms with van der Waals surface area (Å²) in [4.78, 5) is 0. The molecule has 0 heterocycles. The molecule has 0 aromatic heterocycles. The van der Waals surface area contributed by atoms with E-state index in [1.54, 1.807) is 14.2 Å². The molecule has 0 radical (unpaired) electrons. The van der Waals surface area contributed by atoms with Crippen molar-refractivity contribution in [1.82, 2.24) is 0 Å². The third kappa shape index (κ3) is 7.96. The first kappa shape index (κ1) is 21.4. The van der Waals surface area contributed by atoms with E-state index in [0.717, 1.165) is 11.3 Å². The van der Waals surface area contributed by atoms with Gasteiger partial charge in [0.25, 0.3) is 0 Å². The van der Waals surface area contributed by atoms with Gasteiger partial charge in [-0.1, -0.05) is 32.1 Å². The third-order valence-corrected chi connectivity index (χ3v) is 4.12. The van der Waals surface area contributed by atoms with Gasteiger partial charge in [-0.2, -0.15) is 0 Å². The van der Waals surface area contributed by atoms with Gasteiger partial charge in [-0.3, -0.25) is 0 Å². The van der Waals surface area contributed by atoms with E-state index in [-0.39, 0.29) is 12.0 Å². The Morgan fingerprint density at radius 3 is 2.38 bits per heavy atom. The van der Waals surface area contributed by atoms with E-state index < -0.39 is 0 Å². The Morgan fingerprint density at radius 2 is 1.83 bits per heavy atom. The summed E-state index contributed by atoms with van der Waals surface area (Å²) in [5.74, 6) is 1.42. The second kappa shape index (κ2) is 11.8. The lowest BCUT2D eigenvalue weighted by atomic mass is 9.93. The average molecular weight is 448 g/mol. The first-order chi connectivity index (χ1) is 11.5. The number of halogens is 1. The van der Waals surface area contributed by atoms with Crippen molar-refractivity contribution >= 4 is 22.6 Å². The molecular weight excluding hydrogens is 419 g/mol. The first-order valence-corrected chi connectivity index (χ1v) is 9.21. The van der Waals surface area contributed by atoms with Crippen LogP contribution in [0.2, 0.25) is 0 Å².